The number of carbonyl (C=O) groups excluding carboxylic acids is 2. The Labute approximate surface area is 191 Å². The molecule has 0 saturated heterocycles. The number of aryl methyl sites for hydroxylation is 1. The van der Waals surface area contributed by atoms with E-state index in [9.17, 15) is 9.59 Å². The molecule has 0 spiro atoms. The highest BCUT2D eigenvalue weighted by Crippen LogP contribution is 2.30. The number of nitrogens with zero attached hydrogens (tertiary/aromatic N) is 2. The van der Waals surface area contributed by atoms with Gasteiger partial charge in [0.05, 0.1) is 26.0 Å². The minimum Gasteiger partial charge on any atom is -0.497 e. The van der Waals surface area contributed by atoms with Gasteiger partial charge in [-0.05, 0) is 44.0 Å². The standard InChI is InChI=1S/C23H29N3O5S/c1-13(2)11-26-22-18(15(4)25-26)10-20(32-22)23(28)31-12-21(27)24-14(3)17-9-16(29-5)7-8-19(17)30-6/h7-10,13-14H,11-12H2,1-6H3,(H,24,27)/t14-/m1/s1. The van der Waals surface area contributed by atoms with Crippen molar-refractivity contribution < 1.29 is 23.8 Å². The van der Waals surface area contributed by atoms with E-state index >= 15 is 0 Å². The Bertz CT molecular complexity index is 1120. The Kier molecular flexibility index (Phi) is 7.40. The smallest absolute Gasteiger partial charge is 0.348 e. The summed E-state index contributed by atoms with van der Waals surface area (Å²) in [4.78, 5) is 26.3. The zero-order chi connectivity index (χ0) is 23.4. The number of esters is 1. The van der Waals surface area contributed by atoms with Crippen LogP contribution in [0.1, 0.15) is 47.7 Å². The molecular weight excluding hydrogens is 430 g/mol. The maximum absolute atomic E-state index is 12.5. The average Bonchev–Trinajstić information content (AvgIpc) is 3.32. The van der Waals surface area contributed by atoms with E-state index in [1.165, 1.54) is 11.3 Å². The third-order valence-electron chi connectivity index (χ3n) is 4.96. The maximum Gasteiger partial charge on any atom is 0.348 e. The van der Waals surface area contributed by atoms with Crippen molar-refractivity contribution in [2.45, 2.75) is 40.3 Å². The second kappa shape index (κ2) is 10.0. The highest BCUT2D eigenvalue weighted by molar-refractivity contribution is 7.20. The predicted molar refractivity (Wildman–Crippen MR) is 124 cm³/mol. The van der Waals surface area contributed by atoms with Gasteiger partial charge in [-0.25, -0.2) is 4.79 Å². The summed E-state index contributed by atoms with van der Waals surface area (Å²) in [6.07, 6.45) is 0. The number of ether oxygens (including phenoxy) is 3. The molecule has 0 aliphatic carbocycles. The van der Waals surface area contributed by atoms with E-state index in [0.717, 1.165) is 28.0 Å². The van der Waals surface area contributed by atoms with Gasteiger partial charge >= 0.3 is 5.97 Å². The highest BCUT2D eigenvalue weighted by Gasteiger charge is 2.20. The van der Waals surface area contributed by atoms with Crippen LogP contribution in [0.15, 0.2) is 24.3 Å². The number of aromatic nitrogens is 2. The van der Waals surface area contributed by atoms with Crippen molar-refractivity contribution in [3.05, 3.63) is 40.4 Å². The highest BCUT2D eigenvalue weighted by atomic mass is 32.1. The molecule has 1 N–H and O–H groups in total. The van der Waals surface area contributed by atoms with Gasteiger partial charge in [0.15, 0.2) is 6.61 Å². The van der Waals surface area contributed by atoms with Crippen LogP contribution in [0.2, 0.25) is 0 Å². The van der Waals surface area contributed by atoms with Crippen LogP contribution < -0.4 is 14.8 Å². The first-order valence-electron chi connectivity index (χ1n) is 10.4. The molecule has 2 aromatic heterocycles. The van der Waals surface area contributed by atoms with E-state index in [2.05, 4.69) is 24.3 Å². The third-order valence-corrected chi connectivity index (χ3v) is 6.09. The molecule has 2 heterocycles. The van der Waals surface area contributed by atoms with Crippen LogP contribution in [0.25, 0.3) is 10.2 Å². The van der Waals surface area contributed by atoms with Crippen LogP contribution in [-0.2, 0) is 16.1 Å². The van der Waals surface area contributed by atoms with Gasteiger partial charge < -0.3 is 19.5 Å². The van der Waals surface area contributed by atoms with Gasteiger partial charge in [0.1, 0.15) is 21.2 Å². The summed E-state index contributed by atoms with van der Waals surface area (Å²) >= 11 is 1.33. The molecule has 0 aliphatic rings. The third kappa shape index (κ3) is 5.21. The molecule has 0 unspecified atom stereocenters. The lowest BCUT2D eigenvalue weighted by Gasteiger charge is -2.18. The van der Waals surface area contributed by atoms with Crippen molar-refractivity contribution >= 4 is 33.4 Å². The van der Waals surface area contributed by atoms with Gasteiger partial charge in [-0.15, -0.1) is 11.3 Å². The Hall–Kier alpha value is -3.07. The summed E-state index contributed by atoms with van der Waals surface area (Å²) in [5, 5.41) is 8.31. The predicted octanol–water partition coefficient (Wildman–Crippen LogP) is 4.11. The molecule has 172 valence electrons. The number of hydrogen-bond donors (Lipinski definition) is 1. The van der Waals surface area contributed by atoms with Crippen LogP contribution in [0.3, 0.4) is 0 Å². The Morgan fingerprint density at radius 1 is 1.16 bits per heavy atom. The van der Waals surface area contributed by atoms with Crippen LogP contribution >= 0.6 is 11.3 Å². The van der Waals surface area contributed by atoms with E-state index in [0.29, 0.717) is 22.3 Å². The van der Waals surface area contributed by atoms with Crippen LogP contribution in [0, 0.1) is 12.8 Å². The number of nitrogens with one attached hydrogen (secondary N) is 1. The topological polar surface area (TPSA) is 91.7 Å². The fourth-order valence-corrected chi connectivity index (χ4v) is 4.49. The number of rotatable bonds is 9. The quantitative estimate of drug-likeness (QED) is 0.484. The molecule has 1 amide bonds. The zero-order valence-corrected chi connectivity index (χ0v) is 20.0. The lowest BCUT2D eigenvalue weighted by Crippen LogP contribution is -2.31. The number of fused-ring (bicyclic) bond motifs is 1. The normalized spacial score (nSPS) is 12.1. The summed E-state index contributed by atoms with van der Waals surface area (Å²) < 4.78 is 17.8. The van der Waals surface area contributed by atoms with Crippen molar-refractivity contribution in [3.63, 3.8) is 0 Å². The Morgan fingerprint density at radius 3 is 2.56 bits per heavy atom. The van der Waals surface area contributed by atoms with Crippen LogP contribution in [-0.4, -0.2) is 42.5 Å². The fraction of sp³-hybridized carbons (Fsp3) is 0.435. The van der Waals surface area contributed by atoms with Gasteiger partial charge in [0, 0.05) is 17.5 Å². The molecule has 8 nitrogen and oxygen atoms in total. The summed E-state index contributed by atoms with van der Waals surface area (Å²) in [5.41, 5.74) is 1.64. The Morgan fingerprint density at radius 2 is 1.91 bits per heavy atom. The molecule has 0 aliphatic heterocycles. The summed E-state index contributed by atoms with van der Waals surface area (Å²) in [7, 11) is 3.14. The van der Waals surface area contributed by atoms with Gasteiger partial charge in [-0.2, -0.15) is 5.10 Å². The molecule has 3 aromatic rings. The lowest BCUT2D eigenvalue weighted by atomic mass is 10.1. The summed E-state index contributed by atoms with van der Waals surface area (Å²) in [6.45, 7) is 8.38. The van der Waals surface area contributed by atoms with E-state index in [1.54, 1.807) is 38.5 Å². The first-order valence-corrected chi connectivity index (χ1v) is 11.2. The zero-order valence-electron chi connectivity index (χ0n) is 19.2. The number of carbonyl (C=O) groups is 2. The van der Waals surface area contributed by atoms with E-state index in [1.807, 2.05) is 18.5 Å². The van der Waals surface area contributed by atoms with E-state index < -0.39 is 11.9 Å². The molecule has 0 bridgehead atoms. The molecule has 3 rings (SSSR count). The van der Waals surface area contributed by atoms with Crippen molar-refractivity contribution in [2.24, 2.45) is 5.92 Å². The average molecular weight is 460 g/mol. The molecule has 0 saturated carbocycles. The lowest BCUT2D eigenvalue weighted by molar-refractivity contribution is -0.124. The van der Waals surface area contributed by atoms with Crippen LogP contribution in [0.5, 0.6) is 11.5 Å². The minimum atomic E-state index is -0.525. The number of hydrogen-bond acceptors (Lipinski definition) is 7. The van der Waals surface area contributed by atoms with E-state index in [4.69, 9.17) is 14.2 Å². The second-order valence-corrected chi connectivity index (χ2v) is 8.99. The number of benzene rings is 1. The first-order chi connectivity index (χ1) is 15.2. The monoisotopic (exact) mass is 459 g/mol. The molecule has 1 atom stereocenters. The van der Waals surface area contributed by atoms with E-state index in [-0.39, 0.29) is 12.6 Å². The molecule has 0 fully saturated rings. The van der Waals surface area contributed by atoms with Crippen molar-refractivity contribution in [1.82, 2.24) is 15.1 Å². The van der Waals surface area contributed by atoms with Gasteiger partial charge in [0.2, 0.25) is 0 Å². The second-order valence-electron chi connectivity index (χ2n) is 7.96. The van der Waals surface area contributed by atoms with Gasteiger partial charge in [0.25, 0.3) is 5.91 Å². The summed E-state index contributed by atoms with van der Waals surface area (Å²) in [5.74, 6) is 0.794. The number of thiophene rings is 1. The molecular formula is C23H29N3O5S. The van der Waals surface area contributed by atoms with Crippen molar-refractivity contribution in [3.8, 4) is 11.5 Å². The van der Waals surface area contributed by atoms with Gasteiger partial charge in [-0.3, -0.25) is 9.48 Å². The number of methoxy groups -OCH3 is 2. The first kappa shape index (κ1) is 23.6. The maximum atomic E-state index is 12.5. The van der Waals surface area contributed by atoms with Crippen molar-refractivity contribution in [2.75, 3.05) is 20.8 Å². The Balaban J connectivity index is 1.63. The van der Waals surface area contributed by atoms with Crippen LogP contribution in [0.4, 0.5) is 0 Å². The largest absolute Gasteiger partial charge is 0.497 e. The summed E-state index contributed by atoms with van der Waals surface area (Å²) in [6, 6.07) is 6.78. The van der Waals surface area contributed by atoms with Crippen molar-refractivity contribution in [1.29, 1.82) is 0 Å². The minimum absolute atomic E-state index is 0.361. The SMILES string of the molecule is COc1ccc(OC)c([C@@H](C)NC(=O)COC(=O)c2cc3c(C)nn(CC(C)C)c3s2)c1. The molecule has 32 heavy (non-hydrogen) atoms. The van der Waals surface area contributed by atoms with Gasteiger partial charge in [-0.1, -0.05) is 13.8 Å². The molecule has 1 aromatic carbocycles. The molecule has 0 radical (unpaired) electrons. The number of amides is 1. The molecule has 9 heteroatoms. The fourth-order valence-electron chi connectivity index (χ4n) is 3.42.